The molecule has 1 aromatic rings. The number of hydrogen-bond donors (Lipinski definition) is 0. The Morgan fingerprint density at radius 1 is 1.57 bits per heavy atom. The summed E-state index contributed by atoms with van der Waals surface area (Å²) >= 11 is 5.94. The molecule has 0 N–H and O–H groups in total. The molecular formula is C15H13ClN2O3. The summed E-state index contributed by atoms with van der Waals surface area (Å²) in [5.74, 6) is 0.499. The lowest BCUT2D eigenvalue weighted by Gasteiger charge is -2.10. The van der Waals surface area contributed by atoms with Gasteiger partial charge < -0.3 is 14.4 Å². The Morgan fingerprint density at radius 2 is 2.33 bits per heavy atom. The third-order valence-corrected chi connectivity index (χ3v) is 3.07. The summed E-state index contributed by atoms with van der Waals surface area (Å²) in [5.41, 5.74) is 0.729. The van der Waals surface area contributed by atoms with Crippen molar-refractivity contribution in [3.05, 3.63) is 46.8 Å². The van der Waals surface area contributed by atoms with E-state index < -0.39 is 5.97 Å². The van der Waals surface area contributed by atoms with E-state index in [-0.39, 0.29) is 12.2 Å². The summed E-state index contributed by atoms with van der Waals surface area (Å²) in [6.45, 7) is 1.90. The molecule has 0 radical (unpaired) electrons. The van der Waals surface area contributed by atoms with Gasteiger partial charge in [0.15, 0.2) is 11.6 Å². The van der Waals surface area contributed by atoms with E-state index in [1.807, 2.05) is 0 Å². The maximum atomic E-state index is 11.5. The molecule has 0 saturated heterocycles. The van der Waals surface area contributed by atoms with Crippen molar-refractivity contribution < 1.29 is 14.3 Å². The van der Waals surface area contributed by atoms with Gasteiger partial charge in [-0.2, -0.15) is 5.26 Å². The van der Waals surface area contributed by atoms with Crippen LogP contribution in [-0.4, -0.2) is 19.6 Å². The van der Waals surface area contributed by atoms with Crippen LogP contribution in [0.2, 0.25) is 5.02 Å². The molecule has 1 aromatic carbocycles. The van der Waals surface area contributed by atoms with E-state index in [1.165, 1.54) is 6.08 Å². The van der Waals surface area contributed by atoms with Crippen LogP contribution in [0.3, 0.4) is 0 Å². The Kier molecular flexibility index (Phi) is 4.51. The molecule has 6 heteroatoms. The molecule has 21 heavy (non-hydrogen) atoms. The van der Waals surface area contributed by atoms with Crippen molar-refractivity contribution in [3.8, 4) is 11.8 Å². The minimum absolute atomic E-state index is 0.0876. The van der Waals surface area contributed by atoms with Crippen LogP contribution in [-0.2, 0) is 9.53 Å². The SMILES string of the molecule is CCOC(=O)/C(C#N)=C/C=C1\Oc2ccc(Cl)cc2N1C. The average Bonchev–Trinajstić information content (AvgIpc) is 2.77. The second-order valence-electron chi connectivity index (χ2n) is 4.19. The molecule has 1 aliphatic heterocycles. The topological polar surface area (TPSA) is 62.6 Å². The molecule has 0 amide bonds. The summed E-state index contributed by atoms with van der Waals surface area (Å²) in [6, 6.07) is 7.07. The zero-order valence-electron chi connectivity index (χ0n) is 11.6. The average molecular weight is 305 g/mol. The molecule has 0 aliphatic carbocycles. The molecule has 0 spiro atoms. The van der Waals surface area contributed by atoms with Crippen LogP contribution in [0.15, 0.2) is 41.8 Å². The standard InChI is InChI=1S/C15H13ClN2O3/c1-3-20-15(19)10(9-17)4-7-14-18(2)12-8-11(16)5-6-13(12)21-14/h4-8H,3H2,1-2H3/b10-4+,14-7-. The summed E-state index contributed by atoms with van der Waals surface area (Å²) in [5, 5.41) is 9.55. The van der Waals surface area contributed by atoms with Gasteiger partial charge in [0.1, 0.15) is 11.6 Å². The maximum absolute atomic E-state index is 11.5. The van der Waals surface area contributed by atoms with E-state index in [4.69, 9.17) is 26.3 Å². The number of nitriles is 1. The number of nitrogens with zero attached hydrogens (tertiary/aromatic N) is 2. The molecule has 1 heterocycles. The van der Waals surface area contributed by atoms with Gasteiger partial charge in [-0.25, -0.2) is 4.79 Å². The van der Waals surface area contributed by atoms with E-state index in [0.717, 1.165) is 5.69 Å². The van der Waals surface area contributed by atoms with Crippen LogP contribution in [0.25, 0.3) is 0 Å². The predicted octanol–water partition coefficient (Wildman–Crippen LogP) is 3.02. The van der Waals surface area contributed by atoms with Crippen molar-refractivity contribution in [1.29, 1.82) is 5.26 Å². The van der Waals surface area contributed by atoms with Gasteiger partial charge in [-0.3, -0.25) is 0 Å². The lowest BCUT2D eigenvalue weighted by molar-refractivity contribution is -0.138. The minimum atomic E-state index is -0.655. The molecule has 0 atom stereocenters. The maximum Gasteiger partial charge on any atom is 0.348 e. The molecule has 0 fully saturated rings. The zero-order valence-corrected chi connectivity index (χ0v) is 12.3. The Hall–Kier alpha value is -2.45. The number of hydrogen-bond acceptors (Lipinski definition) is 5. The first-order chi connectivity index (χ1) is 10.1. The Bertz CT molecular complexity index is 674. The van der Waals surface area contributed by atoms with Gasteiger partial charge in [-0.15, -0.1) is 0 Å². The predicted molar refractivity (Wildman–Crippen MR) is 78.9 cm³/mol. The van der Waals surface area contributed by atoms with Gasteiger partial charge in [0.05, 0.1) is 12.3 Å². The number of rotatable bonds is 3. The molecule has 0 aromatic heterocycles. The van der Waals surface area contributed by atoms with Crippen LogP contribution in [0, 0.1) is 11.3 Å². The number of esters is 1. The molecule has 5 nitrogen and oxygen atoms in total. The summed E-state index contributed by atoms with van der Waals surface area (Å²) in [7, 11) is 1.80. The molecule has 1 aliphatic rings. The highest BCUT2D eigenvalue weighted by Gasteiger charge is 2.22. The summed E-state index contributed by atoms with van der Waals surface area (Å²) in [4.78, 5) is 13.3. The van der Waals surface area contributed by atoms with Gasteiger partial charge >= 0.3 is 5.97 Å². The second-order valence-corrected chi connectivity index (χ2v) is 4.63. The largest absolute Gasteiger partial charge is 0.462 e. The van der Waals surface area contributed by atoms with Crippen molar-refractivity contribution in [2.45, 2.75) is 6.92 Å². The Balaban J connectivity index is 2.24. The number of benzene rings is 1. The highest BCUT2D eigenvalue weighted by atomic mass is 35.5. The lowest BCUT2D eigenvalue weighted by Crippen LogP contribution is -2.13. The highest BCUT2D eigenvalue weighted by Crippen LogP contribution is 2.39. The molecule has 0 saturated carbocycles. The van der Waals surface area contributed by atoms with E-state index >= 15 is 0 Å². The van der Waals surface area contributed by atoms with Crippen molar-refractivity contribution in [3.63, 3.8) is 0 Å². The fourth-order valence-corrected chi connectivity index (χ4v) is 1.97. The van der Waals surface area contributed by atoms with E-state index in [2.05, 4.69) is 0 Å². The Labute approximate surface area is 127 Å². The van der Waals surface area contributed by atoms with Crippen molar-refractivity contribution in [2.24, 2.45) is 0 Å². The molecule has 2 rings (SSSR count). The van der Waals surface area contributed by atoms with Gasteiger partial charge in [-0.05, 0) is 31.2 Å². The van der Waals surface area contributed by atoms with Gasteiger partial charge in [0.25, 0.3) is 0 Å². The smallest absolute Gasteiger partial charge is 0.348 e. The quantitative estimate of drug-likeness (QED) is 0.488. The van der Waals surface area contributed by atoms with Gasteiger partial charge in [0.2, 0.25) is 0 Å². The van der Waals surface area contributed by atoms with Crippen molar-refractivity contribution in [2.75, 3.05) is 18.6 Å². The zero-order chi connectivity index (χ0) is 15.4. The third kappa shape index (κ3) is 3.18. The fraction of sp³-hybridized carbons (Fsp3) is 0.200. The van der Waals surface area contributed by atoms with E-state index in [1.54, 1.807) is 49.2 Å². The third-order valence-electron chi connectivity index (χ3n) is 2.84. The number of fused-ring (bicyclic) bond motifs is 1. The second kappa shape index (κ2) is 6.33. The summed E-state index contributed by atoms with van der Waals surface area (Å²) < 4.78 is 10.4. The first-order valence-electron chi connectivity index (χ1n) is 6.27. The number of halogens is 1. The van der Waals surface area contributed by atoms with Crippen LogP contribution in [0.5, 0.6) is 5.75 Å². The molecule has 0 unspecified atom stereocenters. The first kappa shape index (κ1) is 14.9. The number of allylic oxidation sites excluding steroid dienone is 2. The highest BCUT2D eigenvalue weighted by molar-refractivity contribution is 6.31. The molecule has 0 bridgehead atoms. The number of anilines is 1. The van der Waals surface area contributed by atoms with Crippen molar-refractivity contribution in [1.82, 2.24) is 0 Å². The van der Waals surface area contributed by atoms with Crippen LogP contribution < -0.4 is 9.64 Å². The molecule has 108 valence electrons. The van der Waals surface area contributed by atoms with Crippen LogP contribution >= 0.6 is 11.6 Å². The van der Waals surface area contributed by atoms with E-state index in [0.29, 0.717) is 16.7 Å². The van der Waals surface area contributed by atoms with Gasteiger partial charge in [0, 0.05) is 18.1 Å². The monoisotopic (exact) mass is 304 g/mol. The van der Waals surface area contributed by atoms with Gasteiger partial charge in [-0.1, -0.05) is 11.6 Å². The number of ether oxygens (including phenoxy) is 2. The normalized spacial score (nSPS) is 15.4. The number of carbonyl (C=O) groups excluding carboxylic acids is 1. The number of carbonyl (C=O) groups is 1. The van der Waals surface area contributed by atoms with Crippen molar-refractivity contribution >= 4 is 23.3 Å². The molecular weight excluding hydrogens is 292 g/mol. The fourth-order valence-electron chi connectivity index (χ4n) is 1.80. The van der Waals surface area contributed by atoms with Crippen LogP contribution in [0.1, 0.15) is 6.92 Å². The minimum Gasteiger partial charge on any atom is -0.462 e. The van der Waals surface area contributed by atoms with Crippen LogP contribution in [0.4, 0.5) is 5.69 Å². The summed E-state index contributed by atoms with van der Waals surface area (Å²) in [6.07, 6.45) is 2.92. The lowest BCUT2D eigenvalue weighted by atomic mass is 10.2. The first-order valence-corrected chi connectivity index (χ1v) is 6.65. The Morgan fingerprint density at radius 3 is 3.00 bits per heavy atom. The van der Waals surface area contributed by atoms with E-state index in [9.17, 15) is 4.79 Å².